The molecule has 0 heterocycles. The molecule has 1 aromatic carbocycles. The van der Waals surface area contributed by atoms with Crippen LogP contribution in [-0.4, -0.2) is 22.2 Å². The maximum atomic E-state index is 11.2. The molecule has 2 N–H and O–H groups in total. The minimum atomic E-state index is -0.997. The molecule has 0 aromatic heterocycles. The van der Waals surface area contributed by atoms with Crippen LogP contribution in [0.4, 0.5) is 0 Å². The summed E-state index contributed by atoms with van der Waals surface area (Å²) in [5, 5.41) is 18.2. The normalized spacial score (nSPS) is 27.7. The van der Waals surface area contributed by atoms with Gasteiger partial charge in [-0.15, -0.1) is 0 Å². The van der Waals surface area contributed by atoms with E-state index in [1.54, 1.807) is 0 Å². The first-order valence-corrected chi connectivity index (χ1v) is 6.10. The van der Waals surface area contributed by atoms with Gasteiger partial charge in [0.25, 0.3) is 0 Å². The Balaban J connectivity index is 2.16. The second-order valence-corrected chi connectivity index (χ2v) is 4.81. The first-order chi connectivity index (χ1) is 8.59. The molecule has 0 amide bonds. The first kappa shape index (κ1) is 12.6. The van der Waals surface area contributed by atoms with Crippen LogP contribution < -0.4 is 0 Å². The number of carboxylic acid groups (broad SMARTS) is 2. The summed E-state index contributed by atoms with van der Waals surface area (Å²) in [5.41, 5.74) is 1.10. The van der Waals surface area contributed by atoms with Crippen LogP contribution >= 0.6 is 0 Å². The molecule has 0 radical (unpaired) electrons. The van der Waals surface area contributed by atoms with Crippen LogP contribution in [0.1, 0.15) is 30.7 Å². The van der Waals surface area contributed by atoms with Crippen LogP contribution in [0, 0.1) is 11.8 Å². The molecule has 4 heteroatoms. The van der Waals surface area contributed by atoms with Crippen molar-refractivity contribution in [3.63, 3.8) is 0 Å². The molecule has 0 saturated heterocycles. The smallest absolute Gasteiger partial charge is 0.307 e. The fourth-order valence-electron chi connectivity index (χ4n) is 2.77. The summed E-state index contributed by atoms with van der Waals surface area (Å²) in [4.78, 5) is 22.2. The molecule has 0 spiro atoms. The monoisotopic (exact) mass is 248 g/mol. The first-order valence-electron chi connectivity index (χ1n) is 6.10. The second kappa shape index (κ2) is 5.21. The summed E-state index contributed by atoms with van der Waals surface area (Å²) in [6.45, 7) is 0. The molecule has 4 nitrogen and oxygen atoms in total. The maximum absolute atomic E-state index is 11.2. The van der Waals surface area contributed by atoms with E-state index in [9.17, 15) is 9.59 Å². The van der Waals surface area contributed by atoms with E-state index in [1.807, 2.05) is 30.3 Å². The topological polar surface area (TPSA) is 74.6 Å². The van der Waals surface area contributed by atoms with Crippen LogP contribution in [0.15, 0.2) is 30.3 Å². The van der Waals surface area contributed by atoms with Gasteiger partial charge in [-0.25, -0.2) is 0 Å². The van der Waals surface area contributed by atoms with Crippen LogP contribution in [0.5, 0.6) is 0 Å². The Kier molecular flexibility index (Phi) is 3.65. The highest BCUT2D eigenvalue weighted by Crippen LogP contribution is 2.39. The molecule has 1 saturated carbocycles. The van der Waals surface area contributed by atoms with Crippen molar-refractivity contribution in [3.8, 4) is 0 Å². The highest BCUT2D eigenvalue weighted by molar-refractivity contribution is 5.80. The molecule has 0 aliphatic heterocycles. The Labute approximate surface area is 105 Å². The highest BCUT2D eigenvalue weighted by atomic mass is 16.4. The summed E-state index contributed by atoms with van der Waals surface area (Å²) >= 11 is 0. The third kappa shape index (κ3) is 2.53. The summed E-state index contributed by atoms with van der Waals surface area (Å²) in [6, 6.07) is 9.72. The number of rotatable bonds is 3. The number of benzene rings is 1. The SMILES string of the molecule is O=C(O)C1CCC(c2ccccc2)CC1C(=O)O. The lowest BCUT2D eigenvalue weighted by Crippen LogP contribution is -2.35. The molecule has 96 valence electrons. The fourth-order valence-corrected chi connectivity index (χ4v) is 2.77. The van der Waals surface area contributed by atoms with Crippen LogP contribution in [-0.2, 0) is 9.59 Å². The van der Waals surface area contributed by atoms with Gasteiger partial charge in [0.15, 0.2) is 0 Å². The number of aliphatic carboxylic acids is 2. The van der Waals surface area contributed by atoms with E-state index in [0.29, 0.717) is 12.8 Å². The largest absolute Gasteiger partial charge is 0.481 e. The van der Waals surface area contributed by atoms with Gasteiger partial charge in [-0.05, 0) is 30.7 Å². The molecule has 1 aromatic rings. The van der Waals surface area contributed by atoms with Gasteiger partial charge in [0.2, 0.25) is 0 Å². The standard InChI is InChI=1S/C14H16O4/c15-13(16)11-7-6-10(8-12(11)14(17)18)9-4-2-1-3-5-9/h1-5,10-12H,6-8H2,(H,15,16)(H,17,18). The molecule has 1 aliphatic carbocycles. The summed E-state index contributed by atoms with van der Waals surface area (Å²) in [6.07, 6.45) is 1.59. The molecule has 3 atom stereocenters. The lowest BCUT2D eigenvalue weighted by atomic mass is 9.72. The van der Waals surface area contributed by atoms with Crippen molar-refractivity contribution in [2.24, 2.45) is 11.8 Å². The molecule has 2 rings (SSSR count). The number of carboxylic acids is 2. The molecular formula is C14H16O4. The molecule has 1 fully saturated rings. The van der Waals surface area contributed by atoms with Crippen LogP contribution in [0.3, 0.4) is 0 Å². The Bertz CT molecular complexity index is 440. The fraction of sp³-hybridized carbons (Fsp3) is 0.429. The average Bonchev–Trinajstić information content (AvgIpc) is 2.39. The number of hydrogen-bond donors (Lipinski definition) is 2. The molecule has 18 heavy (non-hydrogen) atoms. The van der Waals surface area contributed by atoms with Gasteiger partial charge in [0.1, 0.15) is 0 Å². The maximum Gasteiger partial charge on any atom is 0.307 e. The van der Waals surface area contributed by atoms with E-state index in [-0.39, 0.29) is 5.92 Å². The van der Waals surface area contributed by atoms with Gasteiger partial charge in [-0.2, -0.15) is 0 Å². The van der Waals surface area contributed by atoms with Gasteiger partial charge in [0, 0.05) is 0 Å². The van der Waals surface area contributed by atoms with Crippen LogP contribution in [0.25, 0.3) is 0 Å². The summed E-state index contributed by atoms with van der Waals surface area (Å²) in [5.74, 6) is -3.36. The van der Waals surface area contributed by atoms with Crippen molar-refractivity contribution in [1.29, 1.82) is 0 Å². The van der Waals surface area contributed by atoms with Gasteiger partial charge in [0.05, 0.1) is 11.8 Å². The van der Waals surface area contributed by atoms with Crippen molar-refractivity contribution >= 4 is 11.9 Å². The zero-order valence-corrected chi connectivity index (χ0v) is 9.95. The van der Waals surface area contributed by atoms with E-state index in [0.717, 1.165) is 12.0 Å². The minimum absolute atomic E-state index is 0.155. The second-order valence-electron chi connectivity index (χ2n) is 4.81. The highest BCUT2D eigenvalue weighted by Gasteiger charge is 2.39. The molecule has 3 unspecified atom stereocenters. The Morgan fingerprint density at radius 2 is 1.56 bits per heavy atom. The Morgan fingerprint density at radius 1 is 0.944 bits per heavy atom. The number of carbonyl (C=O) groups is 2. The van der Waals surface area contributed by atoms with E-state index in [4.69, 9.17) is 10.2 Å². The lowest BCUT2D eigenvalue weighted by molar-refractivity contribution is -0.155. The van der Waals surface area contributed by atoms with E-state index in [2.05, 4.69) is 0 Å². The molecule has 1 aliphatic rings. The van der Waals surface area contributed by atoms with Gasteiger partial charge < -0.3 is 10.2 Å². The van der Waals surface area contributed by atoms with Crippen molar-refractivity contribution in [3.05, 3.63) is 35.9 Å². The van der Waals surface area contributed by atoms with E-state index >= 15 is 0 Å². The Hall–Kier alpha value is -1.84. The predicted molar refractivity (Wildman–Crippen MR) is 65.3 cm³/mol. The summed E-state index contributed by atoms with van der Waals surface area (Å²) in [7, 11) is 0. The van der Waals surface area contributed by atoms with E-state index < -0.39 is 23.8 Å². The van der Waals surface area contributed by atoms with Crippen molar-refractivity contribution < 1.29 is 19.8 Å². The van der Waals surface area contributed by atoms with Gasteiger partial charge >= 0.3 is 11.9 Å². The molecular weight excluding hydrogens is 232 g/mol. The van der Waals surface area contributed by atoms with Crippen molar-refractivity contribution in [2.45, 2.75) is 25.2 Å². The zero-order valence-electron chi connectivity index (χ0n) is 9.95. The number of hydrogen-bond acceptors (Lipinski definition) is 2. The van der Waals surface area contributed by atoms with Crippen LogP contribution in [0.2, 0.25) is 0 Å². The predicted octanol–water partition coefficient (Wildman–Crippen LogP) is 2.36. The third-order valence-corrected chi connectivity index (χ3v) is 3.76. The minimum Gasteiger partial charge on any atom is -0.481 e. The van der Waals surface area contributed by atoms with Crippen molar-refractivity contribution in [1.82, 2.24) is 0 Å². The molecule has 0 bridgehead atoms. The van der Waals surface area contributed by atoms with Gasteiger partial charge in [-0.1, -0.05) is 30.3 Å². The third-order valence-electron chi connectivity index (χ3n) is 3.76. The van der Waals surface area contributed by atoms with E-state index in [1.165, 1.54) is 0 Å². The van der Waals surface area contributed by atoms with Gasteiger partial charge in [-0.3, -0.25) is 9.59 Å². The van der Waals surface area contributed by atoms with Crippen molar-refractivity contribution in [2.75, 3.05) is 0 Å². The lowest BCUT2D eigenvalue weighted by Gasteiger charge is -2.31. The Morgan fingerprint density at radius 3 is 2.11 bits per heavy atom. The quantitative estimate of drug-likeness (QED) is 0.861. The zero-order chi connectivity index (χ0) is 13.1. The average molecular weight is 248 g/mol. The summed E-state index contributed by atoms with van der Waals surface area (Å²) < 4.78 is 0.